The first-order chi connectivity index (χ1) is 8.49. The quantitative estimate of drug-likeness (QED) is 0.842. The Morgan fingerprint density at radius 2 is 1.94 bits per heavy atom. The average molecular weight is 267 g/mol. The lowest BCUT2D eigenvalue weighted by Gasteiger charge is -2.05. The van der Waals surface area contributed by atoms with Crippen LogP contribution < -0.4 is 4.72 Å². The van der Waals surface area contributed by atoms with Gasteiger partial charge in [-0.25, -0.2) is 17.8 Å². The largest absolute Gasteiger partial charge is 0.240 e. The molecule has 2 aromatic rings. The van der Waals surface area contributed by atoms with Crippen LogP contribution in [0.2, 0.25) is 0 Å². The lowest BCUT2D eigenvalue weighted by molar-refractivity contribution is 0.575. The third-order valence-electron chi connectivity index (χ3n) is 2.46. The van der Waals surface area contributed by atoms with E-state index in [-0.39, 0.29) is 11.4 Å². The van der Waals surface area contributed by atoms with Crippen LogP contribution in [0.3, 0.4) is 0 Å². The number of aromatic nitrogens is 4. The summed E-state index contributed by atoms with van der Waals surface area (Å²) in [7, 11) is -1.88. The molecule has 0 aliphatic rings. The second-order valence-electron chi connectivity index (χ2n) is 3.86. The van der Waals surface area contributed by atoms with E-state index < -0.39 is 10.0 Å². The van der Waals surface area contributed by atoms with Gasteiger partial charge in [-0.1, -0.05) is 17.7 Å². The normalized spacial score (nSPS) is 11.7. The zero-order valence-corrected chi connectivity index (χ0v) is 10.8. The molecule has 0 atom stereocenters. The highest BCUT2D eigenvalue weighted by Crippen LogP contribution is 2.10. The summed E-state index contributed by atoms with van der Waals surface area (Å²) < 4.78 is 27.8. The summed E-state index contributed by atoms with van der Waals surface area (Å²) in [4.78, 5) is 0.225. The average Bonchev–Trinajstić information content (AvgIpc) is 2.73. The second-order valence-corrected chi connectivity index (χ2v) is 5.62. The number of benzene rings is 1. The van der Waals surface area contributed by atoms with Crippen LogP contribution in [0.25, 0.3) is 0 Å². The number of tetrazole rings is 1. The molecule has 0 aliphatic heterocycles. The predicted octanol–water partition coefficient (Wildman–Crippen LogP) is -0.00298. The maximum absolute atomic E-state index is 12.0. The van der Waals surface area contributed by atoms with E-state index >= 15 is 0 Å². The van der Waals surface area contributed by atoms with Gasteiger partial charge in [0.15, 0.2) is 5.82 Å². The number of nitrogens with one attached hydrogen (secondary N) is 1. The van der Waals surface area contributed by atoms with Crippen molar-refractivity contribution >= 4 is 10.0 Å². The van der Waals surface area contributed by atoms with Crippen LogP contribution in [0, 0.1) is 6.92 Å². The fourth-order valence-corrected chi connectivity index (χ4v) is 2.34. The van der Waals surface area contributed by atoms with E-state index in [4.69, 9.17) is 0 Å². The molecule has 0 saturated carbocycles. The second kappa shape index (κ2) is 4.83. The van der Waals surface area contributed by atoms with Crippen LogP contribution in [-0.2, 0) is 23.6 Å². The molecule has 1 aromatic carbocycles. The minimum atomic E-state index is -3.53. The molecule has 0 amide bonds. The maximum atomic E-state index is 12.0. The van der Waals surface area contributed by atoms with Gasteiger partial charge in [0.1, 0.15) is 0 Å². The Morgan fingerprint density at radius 1 is 1.28 bits per heavy atom. The molecule has 0 spiro atoms. The zero-order chi connectivity index (χ0) is 13.2. The number of sulfonamides is 1. The molecule has 0 unspecified atom stereocenters. The molecule has 2 rings (SSSR count). The van der Waals surface area contributed by atoms with Gasteiger partial charge >= 0.3 is 0 Å². The van der Waals surface area contributed by atoms with E-state index in [9.17, 15) is 8.42 Å². The zero-order valence-electron chi connectivity index (χ0n) is 10.0. The first-order valence-electron chi connectivity index (χ1n) is 5.26. The molecular formula is C10H13N5O2S. The number of hydrogen-bond acceptors (Lipinski definition) is 5. The molecule has 0 fully saturated rings. The van der Waals surface area contributed by atoms with Gasteiger partial charge < -0.3 is 0 Å². The summed E-state index contributed by atoms with van der Waals surface area (Å²) in [6.45, 7) is 1.95. The molecule has 1 heterocycles. The molecule has 7 nitrogen and oxygen atoms in total. The van der Waals surface area contributed by atoms with Crippen LogP contribution in [0.4, 0.5) is 0 Å². The summed E-state index contributed by atoms with van der Waals surface area (Å²) in [5.74, 6) is 0.450. The third-order valence-corrected chi connectivity index (χ3v) is 3.88. The summed E-state index contributed by atoms with van der Waals surface area (Å²) in [5.41, 5.74) is 1.01. The van der Waals surface area contributed by atoms with Crippen LogP contribution in [0.15, 0.2) is 29.2 Å². The summed E-state index contributed by atoms with van der Waals surface area (Å²) in [6, 6.07) is 6.62. The van der Waals surface area contributed by atoms with Gasteiger partial charge in [0.25, 0.3) is 0 Å². The van der Waals surface area contributed by atoms with E-state index in [1.165, 1.54) is 4.68 Å². The molecule has 0 radical (unpaired) electrons. The van der Waals surface area contributed by atoms with Crippen molar-refractivity contribution in [3.63, 3.8) is 0 Å². The van der Waals surface area contributed by atoms with Crippen molar-refractivity contribution in [3.8, 4) is 0 Å². The van der Waals surface area contributed by atoms with Gasteiger partial charge in [-0.2, -0.15) is 0 Å². The summed E-state index contributed by atoms with van der Waals surface area (Å²) >= 11 is 0. The molecule has 18 heavy (non-hydrogen) atoms. The van der Waals surface area contributed by atoms with E-state index in [1.54, 1.807) is 31.3 Å². The van der Waals surface area contributed by atoms with Crippen molar-refractivity contribution in [2.75, 3.05) is 0 Å². The maximum Gasteiger partial charge on any atom is 0.240 e. The Bertz CT molecular complexity index is 633. The highest BCUT2D eigenvalue weighted by Gasteiger charge is 2.14. The number of hydrogen-bond donors (Lipinski definition) is 1. The van der Waals surface area contributed by atoms with Crippen molar-refractivity contribution in [3.05, 3.63) is 35.7 Å². The van der Waals surface area contributed by atoms with Gasteiger partial charge in [0.05, 0.1) is 11.4 Å². The summed E-state index contributed by atoms with van der Waals surface area (Å²) in [5, 5.41) is 10.8. The summed E-state index contributed by atoms with van der Waals surface area (Å²) in [6.07, 6.45) is 0. The monoisotopic (exact) mass is 267 g/mol. The van der Waals surface area contributed by atoms with E-state index in [0.29, 0.717) is 5.82 Å². The van der Waals surface area contributed by atoms with Crippen molar-refractivity contribution in [2.24, 2.45) is 7.05 Å². The Balaban J connectivity index is 2.13. The lowest BCUT2D eigenvalue weighted by Crippen LogP contribution is -2.24. The Morgan fingerprint density at radius 3 is 2.50 bits per heavy atom. The molecule has 96 valence electrons. The SMILES string of the molecule is Cc1ccc(S(=O)(=O)NCc2nnnn2C)cc1. The highest BCUT2D eigenvalue weighted by molar-refractivity contribution is 7.89. The smallest absolute Gasteiger partial charge is 0.231 e. The number of nitrogens with zero attached hydrogens (tertiary/aromatic N) is 4. The fourth-order valence-electron chi connectivity index (χ4n) is 1.36. The van der Waals surface area contributed by atoms with Crippen LogP contribution in [-0.4, -0.2) is 28.6 Å². The molecule has 0 aliphatic carbocycles. The van der Waals surface area contributed by atoms with E-state index in [1.807, 2.05) is 6.92 Å². The van der Waals surface area contributed by atoms with E-state index in [0.717, 1.165) is 5.56 Å². The fraction of sp³-hybridized carbons (Fsp3) is 0.300. The Hall–Kier alpha value is -1.80. The molecular weight excluding hydrogens is 254 g/mol. The van der Waals surface area contributed by atoms with Gasteiger partial charge in [-0.3, -0.25) is 0 Å². The third kappa shape index (κ3) is 2.71. The van der Waals surface area contributed by atoms with Gasteiger partial charge in [0, 0.05) is 7.05 Å². The molecule has 1 aromatic heterocycles. The van der Waals surface area contributed by atoms with Crippen molar-refractivity contribution in [2.45, 2.75) is 18.4 Å². The van der Waals surface area contributed by atoms with E-state index in [2.05, 4.69) is 20.2 Å². The van der Waals surface area contributed by atoms with Gasteiger partial charge in [0.2, 0.25) is 10.0 Å². The lowest BCUT2D eigenvalue weighted by atomic mass is 10.2. The number of rotatable bonds is 4. The molecule has 1 N–H and O–H groups in total. The highest BCUT2D eigenvalue weighted by atomic mass is 32.2. The van der Waals surface area contributed by atoms with Crippen molar-refractivity contribution in [1.82, 2.24) is 24.9 Å². The molecule has 0 bridgehead atoms. The first kappa shape index (κ1) is 12.7. The molecule has 8 heteroatoms. The Labute approximate surface area is 105 Å². The standard InChI is InChI=1S/C10H13N5O2S/c1-8-3-5-9(6-4-8)18(16,17)11-7-10-12-13-14-15(10)2/h3-6,11H,7H2,1-2H3. The predicted molar refractivity (Wildman–Crippen MR) is 64.0 cm³/mol. The number of aryl methyl sites for hydroxylation is 2. The first-order valence-corrected chi connectivity index (χ1v) is 6.75. The van der Waals surface area contributed by atoms with Crippen LogP contribution in [0.5, 0.6) is 0 Å². The topological polar surface area (TPSA) is 89.8 Å². The van der Waals surface area contributed by atoms with Crippen molar-refractivity contribution < 1.29 is 8.42 Å². The van der Waals surface area contributed by atoms with Gasteiger partial charge in [-0.15, -0.1) is 5.10 Å². The Kier molecular flexibility index (Phi) is 3.39. The van der Waals surface area contributed by atoms with Gasteiger partial charge in [-0.05, 0) is 29.5 Å². The minimum Gasteiger partial charge on any atom is -0.231 e. The van der Waals surface area contributed by atoms with Crippen LogP contribution >= 0.6 is 0 Å². The molecule has 0 saturated heterocycles. The van der Waals surface area contributed by atoms with Crippen molar-refractivity contribution in [1.29, 1.82) is 0 Å². The minimum absolute atomic E-state index is 0.0553. The van der Waals surface area contributed by atoms with Crippen LogP contribution in [0.1, 0.15) is 11.4 Å².